The summed E-state index contributed by atoms with van der Waals surface area (Å²) in [7, 11) is 0. The molecule has 1 aromatic carbocycles. The quantitative estimate of drug-likeness (QED) is 0.854. The summed E-state index contributed by atoms with van der Waals surface area (Å²) in [6.45, 7) is 4.58. The summed E-state index contributed by atoms with van der Waals surface area (Å²) in [6, 6.07) is 11.9. The van der Waals surface area contributed by atoms with E-state index in [9.17, 15) is 5.11 Å². The highest BCUT2D eigenvalue weighted by atomic mass is 16.5. The molecule has 1 aliphatic heterocycles. The van der Waals surface area contributed by atoms with Gasteiger partial charge in [-0.1, -0.05) is 18.2 Å². The summed E-state index contributed by atoms with van der Waals surface area (Å²) in [5.41, 5.74) is 2.47. The zero-order chi connectivity index (χ0) is 15.2. The summed E-state index contributed by atoms with van der Waals surface area (Å²) < 4.78 is 10.6. The third-order valence-electron chi connectivity index (χ3n) is 3.87. The number of rotatable bonds is 6. The molecule has 1 fully saturated rings. The number of furan rings is 1. The molecule has 1 saturated heterocycles. The second-order valence-electron chi connectivity index (χ2n) is 5.39. The number of para-hydroxylation sites is 1. The Kier molecular flexibility index (Phi) is 5.11. The molecule has 22 heavy (non-hydrogen) atoms. The fraction of sp³-hybridized carbons (Fsp3) is 0.412. The van der Waals surface area contributed by atoms with Crippen LogP contribution in [0.1, 0.15) is 17.4 Å². The summed E-state index contributed by atoms with van der Waals surface area (Å²) in [5, 5.41) is 13.3. The number of aliphatic hydroxyl groups is 1. The standard InChI is InChI=1S/C17H22N2O3/c20-16(17-6-3-9-22-17)13-18-12-14-4-1-2-5-15(14)19-7-10-21-11-8-19/h1-6,9,16,18,20H,7-8,10-13H2. The normalized spacial score (nSPS) is 16.7. The first-order valence-corrected chi connectivity index (χ1v) is 7.67. The maximum absolute atomic E-state index is 10.0. The van der Waals surface area contributed by atoms with Crippen molar-refractivity contribution in [3.63, 3.8) is 0 Å². The molecule has 1 aromatic heterocycles. The number of nitrogens with one attached hydrogen (secondary N) is 1. The van der Waals surface area contributed by atoms with Crippen molar-refractivity contribution in [3.05, 3.63) is 54.0 Å². The Morgan fingerprint density at radius 1 is 1.14 bits per heavy atom. The van der Waals surface area contributed by atoms with Gasteiger partial charge in [-0.15, -0.1) is 0 Å². The predicted molar refractivity (Wildman–Crippen MR) is 84.8 cm³/mol. The molecule has 1 aliphatic rings. The van der Waals surface area contributed by atoms with Crippen molar-refractivity contribution in [1.82, 2.24) is 5.32 Å². The van der Waals surface area contributed by atoms with Crippen molar-refractivity contribution in [2.75, 3.05) is 37.7 Å². The molecule has 0 spiro atoms. The zero-order valence-corrected chi connectivity index (χ0v) is 12.6. The van der Waals surface area contributed by atoms with E-state index in [1.54, 1.807) is 18.4 Å². The van der Waals surface area contributed by atoms with Crippen LogP contribution in [0.2, 0.25) is 0 Å². The lowest BCUT2D eigenvalue weighted by Crippen LogP contribution is -2.37. The Morgan fingerprint density at radius 3 is 2.73 bits per heavy atom. The highest BCUT2D eigenvalue weighted by Crippen LogP contribution is 2.21. The van der Waals surface area contributed by atoms with Crippen LogP contribution in [0.15, 0.2) is 47.1 Å². The molecule has 0 amide bonds. The van der Waals surface area contributed by atoms with E-state index in [0.29, 0.717) is 18.8 Å². The molecule has 0 bridgehead atoms. The van der Waals surface area contributed by atoms with E-state index in [4.69, 9.17) is 9.15 Å². The van der Waals surface area contributed by atoms with Gasteiger partial charge in [0.25, 0.3) is 0 Å². The Hall–Kier alpha value is -1.82. The predicted octanol–water partition coefficient (Wildman–Crippen LogP) is 1.94. The Balaban J connectivity index is 1.58. The van der Waals surface area contributed by atoms with Gasteiger partial charge in [-0.25, -0.2) is 0 Å². The fourth-order valence-electron chi connectivity index (χ4n) is 2.70. The molecule has 118 valence electrons. The van der Waals surface area contributed by atoms with E-state index in [0.717, 1.165) is 26.3 Å². The van der Waals surface area contributed by atoms with Gasteiger partial charge in [0, 0.05) is 31.9 Å². The van der Waals surface area contributed by atoms with E-state index < -0.39 is 6.10 Å². The van der Waals surface area contributed by atoms with Gasteiger partial charge in [0.05, 0.1) is 19.5 Å². The van der Waals surface area contributed by atoms with Crippen molar-refractivity contribution < 1.29 is 14.3 Å². The lowest BCUT2D eigenvalue weighted by atomic mass is 10.1. The molecule has 0 radical (unpaired) electrons. The Morgan fingerprint density at radius 2 is 1.95 bits per heavy atom. The third kappa shape index (κ3) is 3.68. The number of ether oxygens (including phenoxy) is 1. The SMILES string of the molecule is OC(CNCc1ccccc1N1CCOCC1)c1ccco1. The van der Waals surface area contributed by atoms with Crippen LogP contribution < -0.4 is 10.2 Å². The number of nitrogens with zero attached hydrogens (tertiary/aromatic N) is 1. The second kappa shape index (κ2) is 7.45. The number of anilines is 1. The summed E-state index contributed by atoms with van der Waals surface area (Å²) in [6.07, 6.45) is 0.956. The van der Waals surface area contributed by atoms with Crippen LogP contribution in [0.4, 0.5) is 5.69 Å². The summed E-state index contributed by atoms with van der Waals surface area (Å²) in [5.74, 6) is 0.592. The minimum absolute atomic E-state index is 0.463. The first kappa shape index (κ1) is 15.1. The van der Waals surface area contributed by atoms with Gasteiger partial charge in [0.15, 0.2) is 0 Å². The maximum Gasteiger partial charge on any atom is 0.133 e. The zero-order valence-electron chi connectivity index (χ0n) is 12.6. The first-order chi connectivity index (χ1) is 10.8. The van der Waals surface area contributed by atoms with Crippen molar-refractivity contribution in [2.24, 2.45) is 0 Å². The number of morpholine rings is 1. The van der Waals surface area contributed by atoms with Gasteiger partial charge in [-0.2, -0.15) is 0 Å². The average molecular weight is 302 g/mol. The molecule has 5 heteroatoms. The Labute approximate surface area is 130 Å². The van der Waals surface area contributed by atoms with Crippen molar-refractivity contribution >= 4 is 5.69 Å². The molecule has 5 nitrogen and oxygen atoms in total. The molecule has 2 aromatic rings. The highest BCUT2D eigenvalue weighted by molar-refractivity contribution is 5.53. The van der Waals surface area contributed by atoms with Crippen LogP contribution in [0.3, 0.4) is 0 Å². The van der Waals surface area contributed by atoms with Gasteiger partial charge >= 0.3 is 0 Å². The number of benzene rings is 1. The molecule has 2 heterocycles. The summed E-state index contributed by atoms with van der Waals surface area (Å²) in [4.78, 5) is 2.35. The molecular formula is C17H22N2O3. The molecular weight excluding hydrogens is 280 g/mol. The highest BCUT2D eigenvalue weighted by Gasteiger charge is 2.15. The maximum atomic E-state index is 10.0. The lowest BCUT2D eigenvalue weighted by molar-refractivity contribution is 0.122. The van der Waals surface area contributed by atoms with Crippen LogP contribution in [0, 0.1) is 0 Å². The summed E-state index contributed by atoms with van der Waals surface area (Å²) >= 11 is 0. The minimum Gasteiger partial charge on any atom is -0.467 e. The number of aliphatic hydroxyl groups excluding tert-OH is 1. The van der Waals surface area contributed by atoms with E-state index >= 15 is 0 Å². The van der Waals surface area contributed by atoms with Crippen molar-refractivity contribution in [2.45, 2.75) is 12.6 Å². The minimum atomic E-state index is -0.620. The molecule has 2 N–H and O–H groups in total. The molecule has 0 saturated carbocycles. The van der Waals surface area contributed by atoms with Gasteiger partial charge in [0.1, 0.15) is 11.9 Å². The lowest BCUT2D eigenvalue weighted by Gasteiger charge is -2.30. The van der Waals surface area contributed by atoms with Crippen LogP contribution in [0.25, 0.3) is 0 Å². The molecule has 1 atom stereocenters. The van der Waals surface area contributed by atoms with E-state index in [-0.39, 0.29) is 0 Å². The fourth-order valence-corrected chi connectivity index (χ4v) is 2.70. The van der Waals surface area contributed by atoms with Crippen LogP contribution in [-0.2, 0) is 11.3 Å². The molecule has 1 unspecified atom stereocenters. The van der Waals surface area contributed by atoms with E-state index in [1.165, 1.54) is 11.3 Å². The van der Waals surface area contributed by atoms with E-state index in [1.807, 2.05) is 6.07 Å². The van der Waals surface area contributed by atoms with Crippen LogP contribution >= 0.6 is 0 Å². The Bertz CT molecular complexity index is 565. The number of hydrogen-bond acceptors (Lipinski definition) is 5. The molecule has 3 rings (SSSR count). The van der Waals surface area contributed by atoms with Gasteiger partial charge in [-0.3, -0.25) is 0 Å². The van der Waals surface area contributed by atoms with Gasteiger partial charge < -0.3 is 24.5 Å². The van der Waals surface area contributed by atoms with E-state index in [2.05, 4.69) is 28.4 Å². The largest absolute Gasteiger partial charge is 0.467 e. The van der Waals surface area contributed by atoms with Crippen molar-refractivity contribution in [1.29, 1.82) is 0 Å². The smallest absolute Gasteiger partial charge is 0.133 e. The van der Waals surface area contributed by atoms with Crippen LogP contribution in [-0.4, -0.2) is 38.0 Å². The van der Waals surface area contributed by atoms with Gasteiger partial charge in [0.2, 0.25) is 0 Å². The third-order valence-corrected chi connectivity index (χ3v) is 3.87. The monoisotopic (exact) mass is 302 g/mol. The second-order valence-corrected chi connectivity index (χ2v) is 5.39. The average Bonchev–Trinajstić information content (AvgIpc) is 3.11. The van der Waals surface area contributed by atoms with Crippen LogP contribution in [0.5, 0.6) is 0 Å². The van der Waals surface area contributed by atoms with Gasteiger partial charge in [-0.05, 0) is 23.8 Å². The molecule has 0 aliphatic carbocycles. The number of hydrogen-bond donors (Lipinski definition) is 2. The first-order valence-electron chi connectivity index (χ1n) is 7.67. The van der Waals surface area contributed by atoms with Crippen molar-refractivity contribution in [3.8, 4) is 0 Å². The topological polar surface area (TPSA) is 57.9 Å².